The average molecular weight is 309 g/mol. The summed E-state index contributed by atoms with van der Waals surface area (Å²) in [6.45, 7) is 7.68. The predicted molar refractivity (Wildman–Crippen MR) is 86.9 cm³/mol. The molecule has 116 valence electrons. The topological polar surface area (TPSA) is 15.7 Å². The molecular formula is C17H25ClN2O. The maximum Gasteiger partial charge on any atom is 0.0966 e. The number of nitrogens with zero attached hydrogens (tertiary/aromatic N) is 2. The van der Waals surface area contributed by atoms with Gasteiger partial charge in [-0.05, 0) is 32.0 Å². The van der Waals surface area contributed by atoms with Crippen LogP contribution in [0.5, 0.6) is 0 Å². The molecule has 2 heterocycles. The highest BCUT2D eigenvalue weighted by Gasteiger charge is 2.23. The number of rotatable bonds is 4. The molecule has 4 heteroatoms. The van der Waals surface area contributed by atoms with Crippen LogP contribution in [0, 0.1) is 0 Å². The fraction of sp³-hybridized carbons (Fsp3) is 0.647. The normalized spacial score (nSPS) is 25.1. The van der Waals surface area contributed by atoms with Gasteiger partial charge in [0, 0.05) is 36.8 Å². The van der Waals surface area contributed by atoms with Gasteiger partial charge < -0.3 is 9.64 Å². The molecule has 0 radical (unpaired) electrons. The van der Waals surface area contributed by atoms with E-state index < -0.39 is 0 Å². The van der Waals surface area contributed by atoms with E-state index in [0.29, 0.717) is 0 Å². The number of benzene rings is 1. The lowest BCUT2D eigenvalue weighted by atomic mass is 10.1. The Morgan fingerprint density at radius 3 is 2.57 bits per heavy atom. The van der Waals surface area contributed by atoms with Crippen LogP contribution in [0.1, 0.15) is 30.9 Å². The van der Waals surface area contributed by atoms with Gasteiger partial charge in [-0.25, -0.2) is 0 Å². The van der Waals surface area contributed by atoms with Crippen molar-refractivity contribution in [2.24, 2.45) is 0 Å². The Labute approximate surface area is 132 Å². The van der Waals surface area contributed by atoms with Crippen LogP contribution >= 0.6 is 11.6 Å². The van der Waals surface area contributed by atoms with E-state index in [1.54, 1.807) is 0 Å². The molecule has 1 unspecified atom stereocenters. The van der Waals surface area contributed by atoms with Crippen LogP contribution in [0.2, 0.25) is 5.02 Å². The largest absolute Gasteiger partial charge is 0.371 e. The van der Waals surface area contributed by atoms with E-state index in [1.807, 2.05) is 18.2 Å². The second-order valence-electron chi connectivity index (χ2n) is 6.08. The molecular weight excluding hydrogens is 284 g/mol. The van der Waals surface area contributed by atoms with Crippen LogP contribution in [0.15, 0.2) is 24.3 Å². The minimum atomic E-state index is 0.119. The van der Waals surface area contributed by atoms with E-state index in [-0.39, 0.29) is 6.10 Å². The van der Waals surface area contributed by atoms with Crippen molar-refractivity contribution in [2.75, 3.05) is 45.9 Å². The molecule has 3 rings (SSSR count). The van der Waals surface area contributed by atoms with Crippen LogP contribution in [-0.2, 0) is 4.74 Å². The summed E-state index contributed by atoms with van der Waals surface area (Å²) in [7, 11) is 0. The highest BCUT2D eigenvalue weighted by molar-refractivity contribution is 6.31. The molecule has 3 nitrogen and oxygen atoms in total. The lowest BCUT2D eigenvalue weighted by Crippen LogP contribution is -2.43. The Morgan fingerprint density at radius 1 is 1.00 bits per heavy atom. The number of likely N-dealkylation sites (tertiary alicyclic amines) is 1. The van der Waals surface area contributed by atoms with Crippen molar-refractivity contribution in [3.63, 3.8) is 0 Å². The summed E-state index contributed by atoms with van der Waals surface area (Å²) in [6, 6.07) is 8.05. The van der Waals surface area contributed by atoms with Gasteiger partial charge in [0.2, 0.25) is 0 Å². The summed E-state index contributed by atoms with van der Waals surface area (Å²) in [5.41, 5.74) is 1.13. The minimum Gasteiger partial charge on any atom is -0.371 e. The second-order valence-corrected chi connectivity index (χ2v) is 6.49. The number of hydrogen-bond donors (Lipinski definition) is 0. The van der Waals surface area contributed by atoms with Crippen molar-refractivity contribution < 1.29 is 4.74 Å². The Balaban J connectivity index is 1.52. The third-order valence-corrected chi connectivity index (χ3v) is 4.93. The Kier molecular flexibility index (Phi) is 5.53. The molecule has 0 saturated carbocycles. The van der Waals surface area contributed by atoms with Gasteiger partial charge >= 0.3 is 0 Å². The number of halogens is 1. The summed E-state index contributed by atoms with van der Waals surface area (Å²) in [5.74, 6) is 0. The van der Waals surface area contributed by atoms with Crippen LogP contribution < -0.4 is 0 Å². The predicted octanol–water partition coefficient (Wildman–Crippen LogP) is 3.20. The lowest BCUT2D eigenvalue weighted by molar-refractivity contribution is -0.0324. The number of hydrogen-bond acceptors (Lipinski definition) is 3. The first kappa shape index (κ1) is 15.3. The monoisotopic (exact) mass is 308 g/mol. The highest BCUT2D eigenvalue weighted by Crippen LogP contribution is 2.28. The molecule has 0 aromatic heterocycles. The van der Waals surface area contributed by atoms with E-state index in [2.05, 4.69) is 15.9 Å². The molecule has 2 fully saturated rings. The van der Waals surface area contributed by atoms with Gasteiger partial charge in [-0.2, -0.15) is 0 Å². The summed E-state index contributed by atoms with van der Waals surface area (Å²) in [5, 5.41) is 0.820. The van der Waals surface area contributed by atoms with Crippen LogP contribution in [0.3, 0.4) is 0 Å². The van der Waals surface area contributed by atoms with E-state index >= 15 is 0 Å². The Bertz CT molecular complexity index is 448. The first-order valence-corrected chi connectivity index (χ1v) is 8.51. The molecule has 2 aliphatic heterocycles. The molecule has 1 atom stereocenters. The standard InChI is InChI=1S/C17H25ClN2O/c18-16-7-3-2-6-15(16)17-14-20(12-13-21-17)11-10-19-8-4-1-5-9-19/h2-3,6-7,17H,1,4-5,8-14H2. The minimum absolute atomic E-state index is 0.119. The summed E-state index contributed by atoms with van der Waals surface area (Å²) < 4.78 is 5.93. The zero-order valence-electron chi connectivity index (χ0n) is 12.6. The number of ether oxygens (including phenoxy) is 1. The Hall–Kier alpha value is -0.610. The van der Waals surface area contributed by atoms with E-state index in [4.69, 9.17) is 16.3 Å². The maximum atomic E-state index is 6.30. The number of piperidine rings is 1. The van der Waals surface area contributed by atoms with Crippen molar-refractivity contribution in [3.8, 4) is 0 Å². The van der Waals surface area contributed by atoms with E-state index in [1.165, 1.54) is 38.9 Å². The smallest absolute Gasteiger partial charge is 0.0966 e. The van der Waals surface area contributed by atoms with Gasteiger partial charge in [0.05, 0.1) is 12.7 Å². The van der Waals surface area contributed by atoms with Gasteiger partial charge in [0.1, 0.15) is 0 Å². The summed E-state index contributed by atoms with van der Waals surface area (Å²) in [4.78, 5) is 5.12. The number of morpholine rings is 1. The first-order chi connectivity index (χ1) is 10.3. The third kappa shape index (κ3) is 4.19. The molecule has 0 bridgehead atoms. The highest BCUT2D eigenvalue weighted by atomic mass is 35.5. The second kappa shape index (κ2) is 7.59. The van der Waals surface area contributed by atoms with E-state index in [0.717, 1.165) is 36.8 Å². The van der Waals surface area contributed by atoms with Crippen LogP contribution in [-0.4, -0.2) is 55.7 Å². The van der Waals surface area contributed by atoms with Crippen molar-refractivity contribution in [1.82, 2.24) is 9.80 Å². The third-order valence-electron chi connectivity index (χ3n) is 4.58. The van der Waals surface area contributed by atoms with Crippen molar-refractivity contribution >= 4 is 11.6 Å². The van der Waals surface area contributed by atoms with Gasteiger partial charge in [0.15, 0.2) is 0 Å². The summed E-state index contributed by atoms with van der Waals surface area (Å²) in [6.07, 6.45) is 4.26. The first-order valence-electron chi connectivity index (χ1n) is 8.13. The Morgan fingerprint density at radius 2 is 1.76 bits per heavy atom. The van der Waals surface area contributed by atoms with Crippen molar-refractivity contribution in [1.29, 1.82) is 0 Å². The van der Waals surface area contributed by atoms with Gasteiger partial charge in [0.25, 0.3) is 0 Å². The van der Waals surface area contributed by atoms with E-state index in [9.17, 15) is 0 Å². The fourth-order valence-corrected chi connectivity index (χ4v) is 3.55. The molecule has 0 spiro atoms. The van der Waals surface area contributed by atoms with Crippen LogP contribution in [0.25, 0.3) is 0 Å². The molecule has 0 amide bonds. The van der Waals surface area contributed by atoms with Gasteiger partial charge in [-0.3, -0.25) is 4.90 Å². The molecule has 2 aliphatic rings. The molecule has 0 N–H and O–H groups in total. The SMILES string of the molecule is Clc1ccccc1C1CN(CCN2CCCCC2)CCO1. The average Bonchev–Trinajstić information content (AvgIpc) is 2.55. The molecule has 2 saturated heterocycles. The van der Waals surface area contributed by atoms with Crippen molar-refractivity contribution in [3.05, 3.63) is 34.9 Å². The molecule has 1 aromatic carbocycles. The lowest BCUT2D eigenvalue weighted by Gasteiger charge is -2.35. The molecule has 21 heavy (non-hydrogen) atoms. The zero-order valence-corrected chi connectivity index (χ0v) is 13.4. The van der Waals surface area contributed by atoms with Gasteiger partial charge in [-0.15, -0.1) is 0 Å². The summed E-state index contributed by atoms with van der Waals surface area (Å²) >= 11 is 6.30. The van der Waals surface area contributed by atoms with Crippen molar-refractivity contribution in [2.45, 2.75) is 25.4 Å². The quantitative estimate of drug-likeness (QED) is 0.849. The maximum absolute atomic E-state index is 6.30. The van der Waals surface area contributed by atoms with Gasteiger partial charge in [-0.1, -0.05) is 36.2 Å². The zero-order chi connectivity index (χ0) is 14.5. The fourth-order valence-electron chi connectivity index (χ4n) is 3.30. The van der Waals surface area contributed by atoms with Crippen LogP contribution in [0.4, 0.5) is 0 Å². The molecule has 1 aromatic rings. The molecule has 0 aliphatic carbocycles.